The molecule has 1 aromatic carbocycles. The molecule has 2 amide bonds. The molecule has 94 valence electrons. The summed E-state index contributed by atoms with van der Waals surface area (Å²) in [7, 11) is 0. The highest BCUT2D eigenvalue weighted by Crippen LogP contribution is 2.27. The summed E-state index contributed by atoms with van der Waals surface area (Å²) in [6, 6.07) is 8.89. The van der Waals surface area contributed by atoms with Crippen molar-refractivity contribution in [2.45, 2.75) is 5.37 Å². The standard InChI is InChI=1S/C11H10N2O4S/c14-8(15)6-13-10(16)9(18-11(13)17)12-7-4-2-1-3-5-7/h1-5,9,12H,6H2,(H,14,15)/p-1/t9-/m0/s1. The van der Waals surface area contributed by atoms with Gasteiger partial charge in [0.05, 0.1) is 12.5 Å². The van der Waals surface area contributed by atoms with Gasteiger partial charge in [-0.25, -0.2) is 0 Å². The maximum absolute atomic E-state index is 11.8. The third kappa shape index (κ3) is 2.62. The maximum Gasteiger partial charge on any atom is 0.291 e. The van der Waals surface area contributed by atoms with E-state index >= 15 is 0 Å². The molecular weight excluding hydrogens is 256 g/mol. The average molecular weight is 265 g/mol. The molecule has 7 heteroatoms. The lowest BCUT2D eigenvalue weighted by Crippen LogP contribution is -2.42. The van der Waals surface area contributed by atoms with Crippen LogP contribution in [0.1, 0.15) is 0 Å². The summed E-state index contributed by atoms with van der Waals surface area (Å²) in [6.45, 7) is -0.711. The fraction of sp³-hybridized carbons (Fsp3) is 0.182. The van der Waals surface area contributed by atoms with E-state index in [0.717, 1.165) is 11.8 Å². The summed E-state index contributed by atoms with van der Waals surface area (Å²) in [4.78, 5) is 34.3. The molecule has 0 saturated carbocycles. The highest BCUT2D eigenvalue weighted by atomic mass is 32.2. The lowest BCUT2D eigenvalue weighted by Gasteiger charge is -2.14. The van der Waals surface area contributed by atoms with Crippen LogP contribution >= 0.6 is 11.8 Å². The molecule has 1 saturated heterocycles. The average Bonchev–Trinajstić information content (AvgIpc) is 2.58. The summed E-state index contributed by atoms with van der Waals surface area (Å²) >= 11 is 0.754. The van der Waals surface area contributed by atoms with Crippen molar-refractivity contribution in [2.75, 3.05) is 11.9 Å². The van der Waals surface area contributed by atoms with Crippen LogP contribution in [0.5, 0.6) is 0 Å². The molecule has 0 unspecified atom stereocenters. The van der Waals surface area contributed by atoms with Crippen LogP contribution in [0.3, 0.4) is 0 Å². The van der Waals surface area contributed by atoms with Crippen molar-refractivity contribution in [3.63, 3.8) is 0 Å². The molecule has 1 aliphatic heterocycles. The van der Waals surface area contributed by atoms with Gasteiger partial charge in [-0.1, -0.05) is 18.2 Å². The van der Waals surface area contributed by atoms with Crippen LogP contribution in [-0.4, -0.2) is 33.9 Å². The summed E-state index contributed by atoms with van der Waals surface area (Å²) in [5.74, 6) is -2.03. The smallest absolute Gasteiger partial charge is 0.291 e. The van der Waals surface area contributed by atoms with Gasteiger partial charge >= 0.3 is 0 Å². The van der Waals surface area contributed by atoms with E-state index in [-0.39, 0.29) is 0 Å². The Kier molecular flexibility index (Phi) is 3.52. The monoisotopic (exact) mass is 265 g/mol. The van der Waals surface area contributed by atoms with E-state index in [1.165, 1.54) is 0 Å². The van der Waals surface area contributed by atoms with Crippen molar-refractivity contribution >= 4 is 34.6 Å². The van der Waals surface area contributed by atoms with Gasteiger partial charge in [0.15, 0.2) is 5.37 Å². The number of rotatable bonds is 4. The molecule has 6 nitrogen and oxygen atoms in total. The molecule has 18 heavy (non-hydrogen) atoms. The predicted octanol–water partition coefficient (Wildman–Crippen LogP) is -0.130. The molecule has 0 aromatic heterocycles. The fourth-order valence-corrected chi connectivity index (χ4v) is 2.40. The minimum Gasteiger partial charge on any atom is -0.548 e. The van der Waals surface area contributed by atoms with E-state index in [2.05, 4.69) is 5.32 Å². The van der Waals surface area contributed by atoms with Crippen LogP contribution < -0.4 is 10.4 Å². The van der Waals surface area contributed by atoms with E-state index < -0.39 is 29.0 Å². The molecule has 2 rings (SSSR count). The Hall–Kier alpha value is -2.02. The second-order valence-electron chi connectivity index (χ2n) is 3.57. The molecule has 1 heterocycles. The number of thioether (sulfide) groups is 1. The van der Waals surface area contributed by atoms with E-state index in [9.17, 15) is 19.5 Å². The molecule has 1 aromatic rings. The number of benzene rings is 1. The Bertz CT molecular complexity index is 491. The number of para-hydroxylation sites is 1. The zero-order valence-corrected chi connectivity index (χ0v) is 9.98. The first kappa shape index (κ1) is 12.4. The van der Waals surface area contributed by atoms with Crippen molar-refractivity contribution in [1.82, 2.24) is 4.90 Å². The first-order chi connectivity index (χ1) is 8.58. The van der Waals surface area contributed by atoms with E-state index in [1.54, 1.807) is 24.3 Å². The number of nitrogens with one attached hydrogen (secondary N) is 1. The van der Waals surface area contributed by atoms with Gasteiger partial charge in [0.1, 0.15) is 0 Å². The first-order valence-corrected chi connectivity index (χ1v) is 5.99. The van der Waals surface area contributed by atoms with Gasteiger partial charge < -0.3 is 15.2 Å². The number of carboxylic acids is 1. The zero-order chi connectivity index (χ0) is 13.1. The lowest BCUT2D eigenvalue weighted by molar-refractivity contribution is -0.305. The summed E-state index contributed by atoms with van der Waals surface area (Å²) in [6.07, 6.45) is 0. The van der Waals surface area contributed by atoms with Crippen LogP contribution in [0.15, 0.2) is 30.3 Å². The number of carbonyl (C=O) groups is 3. The first-order valence-electron chi connectivity index (χ1n) is 5.11. The van der Waals surface area contributed by atoms with Gasteiger partial charge in [0.2, 0.25) is 0 Å². The van der Waals surface area contributed by atoms with Crippen LogP contribution in [0.2, 0.25) is 0 Å². The Morgan fingerprint density at radius 3 is 2.61 bits per heavy atom. The fourth-order valence-electron chi connectivity index (χ4n) is 1.49. The van der Waals surface area contributed by atoms with Gasteiger partial charge in [-0.05, 0) is 23.9 Å². The molecule has 1 fully saturated rings. The maximum atomic E-state index is 11.8. The topological polar surface area (TPSA) is 89.5 Å². The summed E-state index contributed by atoms with van der Waals surface area (Å²) in [5, 5.41) is 11.9. The molecule has 0 aliphatic carbocycles. The van der Waals surface area contributed by atoms with Gasteiger partial charge in [-0.2, -0.15) is 0 Å². The number of amides is 2. The number of anilines is 1. The highest BCUT2D eigenvalue weighted by Gasteiger charge is 2.39. The number of carboxylic acid groups (broad SMARTS) is 1. The number of aliphatic carboxylic acids is 1. The highest BCUT2D eigenvalue weighted by molar-refractivity contribution is 8.15. The van der Waals surface area contributed by atoms with Gasteiger partial charge in [-0.3, -0.25) is 14.5 Å². The Morgan fingerprint density at radius 1 is 1.33 bits per heavy atom. The van der Waals surface area contributed by atoms with E-state index in [0.29, 0.717) is 10.6 Å². The van der Waals surface area contributed by atoms with Crippen molar-refractivity contribution in [2.24, 2.45) is 0 Å². The van der Waals surface area contributed by atoms with Crippen molar-refractivity contribution in [1.29, 1.82) is 0 Å². The van der Waals surface area contributed by atoms with Crippen molar-refractivity contribution in [3.8, 4) is 0 Å². The number of hydrogen-bond donors (Lipinski definition) is 1. The zero-order valence-electron chi connectivity index (χ0n) is 9.16. The molecule has 1 aliphatic rings. The number of imide groups is 1. The molecule has 0 spiro atoms. The largest absolute Gasteiger partial charge is 0.548 e. The molecule has 1 atom stereocenters. The van der Waals surface area contributed by atoms with Gasteiger partial charge in [0.25, 0.3) is 11.1 Å². The normalized spacial score (nSPS) is 19.1. The number of carbonyl (C=O) groups excluding carboxylic acids is 3. The third-order valence-electron chi connectivity index (χ3n) is 2.29. The Balaban J connectivity index is 2.06. The van der Waals surface area contributed by atoms with Crippen LogP contribution in [0, 0.1) is 0 Å². The molecule has 0 radical (unpaired) electrons. The predicted molar refractivity (Wildman–Crippen MR) is 63.6 cm³/mol. The summed E-state index contributed by atoms with van der Waals surface area (Å²) < 4.78 is 0. The molecule has 1 N–H and O–H groups in total. The minimum atomic E-state index is -1.46. The number of hydrogen-bond acceptors (Lipinski definition) is 6. The lowest BCUT2D eigenvalue weighted by atomic mass is 10.3. The Labute approximate surface area is 107 Å². The summed E-state index contributed by atoms with van der Waals surface area (Å²) in [5.41, 5.74) is 0.687. The second-order valence-corrected chi connectivity index (χ2v) is 4.63. The van der Waals surface area contributed by atoms with E-state index in [1.807, 2.05) is 6.07 Å². The molecular formula is C11H9N2O4S-. The Morgan fingerprint density at radius 2 is 2.00 bits per heavy atom. The SMILES string of the molecule is O=C([O-])CN1C(=O)S[C@H](Nc2ccccc2)C1=O. The van der Waals surface area contributed by atoms with E-state index in [4.69, 9.17) is 0 Å². The van der Waals surface area contributed by atoms with Gasteiger partial charge in [-0.15, -0.1) is 0 Å². The second kappa shape index (κ2) is 5.09. The van der Waals surface area contributed by atoms with Crippen molar-refractivity contribution < 1.29 is 19.5 Å². The van der Waals surface area contributed by atoms with Crippen LogP contribution in [0.25, 0.3) is 0 Å². The van der Waals surface area contributed by atoms with Gasteiger partial charge in [0, 0.05) is 5.69 Å². The third-order valence-corrected chi connectivity index (χ3v) is 3.27. The minimum absolute atomic E-state index is 0.571. The van der Waals surface area contributed by atoms with Crippen LogP contribution in [-0.2, 0) is 9.59 Å². The number of nitrogens with zero attached hydrogens (tertiary/aromatic N) is 1. The quantitative estimate of drug-likeness (QED) is 0.815. The molecule has 0 bridgehead atoms. The van der Waals surface area contributed by atoms with Crippen LogP contribution in [0.4, 0.5) is 10.5 Å². The van der Waals surface area contributed by atoms with Crippen molar-refractivity contribution in [3.05, 3.63) is 30.3 Å².